The number of piperidine rings is 1. The molecule has 7 nitrogen and oxygen atoms in total. The van der Waals surface area contributed by atoms with Crippen molar-refractivity contribution in [3.63, 3.8) is 0 Å². The van der Waals surface area contributed by atoms with Gasteiger partial charge < -0.3 is 15.0 Å². The predicted molar refractivity (Wildman–Crippen MR) is 95.6 cm³/mol. The molecular formula is C19H25N3O4. The van der Waals surface area contributed by atoms with E-state index in [1.54, 1.807) is 43.2 Å². The van der Waals surface area contributed by atoms with Gasteiger partial charge in [0.2, 0.25) is 5.91 Å². The van der Waals surface area contributed by atoms with Crippen molar-refractivity contribution in [3.8, 4) is 5.75 Å². The third-order valence-electron chi connectivity index (χ3n) is 5.37. The SMILES string of the molecule is COc1ccc([C@@]2(C)NC(=O)N(CC(=O)N3CCC(C)CC3)C2=O)cc1. The topological polar surface area (TPSA) is 79.0 Å². The zero-order chi connectivity index (χ0) is 18.9. The van der Waals surface area contributed by atoms with Crippen LogP contribution in [0.3, 0.4) is 0 Å². The van der Waals surface area contributed by atoms with Gasteiger partial charge in [0.15, 0.2) is 0 Å². The Kier molecular flexibility index (Phi) is 4.89. The molecule has 0 spiro atoms. The molecule has 0 saturated carbocycles. The van der Waals surface area contributed by atoms with Crippen molar-refractivity contribution in [3.05, 3.63) is 29.8 Å². The van der Waals surface area contributed by atoms with Crippen LogP contribution in [0, 0.1) is 5.92 Å². The Morgan fingerprint density at radius 1 is 1.23 bits per heavy atom. The maximum absolute atomic E-state index is 12.9. The molecule has 1 aromatic rings. The normalized spacial score (nSPS) is 24.0. The van der Waals surface area contributed by atoms with Gasteiger partial charge in [-0.3, -0.25) is 14.5 Å². The number of methoxy groups -OCH3 is 1. The molecule has 2 aliphatic heterocycles. The molecule has 26 heavy (non-hydrogen) atoms. The number of nitrogens with zero attached hydrogens (tertiary/aromatic N) is 2. The molecule has 7 heteroatoms. The fraction of sp³-hybridized carbons (Fsp3) is 0.526. The van der Waals surface area contributed by atoms with E-state index in [0.29, 0.717) is 30.3 Å². The van der Waals surface area contributed by atoms with E-state index < -0.39 is 17.5 Å². The van der Waals surface area contributed by atoms with Gasteiger partial charge in [-0.2, -0.15) is 0 Å². The molecule has 2 saturated heterocycles. The zero-order valence-electron chi connectivity index (χ0n) is 15.4. The van der Waals surface area contributed by atoms with E-state index in [9.17, 15) is 14.4 Å². The number of hydrogen-bond donors (Lipinski definition) is 1. The first kappa shape index (κ1) is 18.2. The molecule has 1 N–H and O–H groups in total. The summed E-state index contributed by atoms with van der Waals surface area (Å²) in [6.07, 6.45) is 1.91. The van der Waals surface area contributed by atoms with Crippen LogP contribution in [0.4, 0.5) is 4.79 Å². The number of rotatable bonds is 4. The second kappa shape index (κ2) is 6.97. The van der Waals surface area contributed by atoms with Gasteiger partial charge in [-0.15, -0.1) is 0 Å². The van der Waals surface area contributed by atoms with Gasteiger partial charge in [0.25, 0.3) is 5.91 Å². The van der Waals surface area contributed by atoms with Crippen LogP contribution in [0.5, 0.6) is 5.75 Å². The molecule has 140 valence electrons. The van der Waals surface area contributed by atoms with E-state index in [1.165, 1.54) is 0 Å². The van der Waals surface area contributed by atoms with Crippen LogP contribution >= 0.6 is 0 Å². The van der Waals surface area contributed by atoms with Crippen molar-refractivity contribution >= 4 is 17.8 Å². The maximum atomic E-state index is 12.9. The zero-order valence-corrected chi connectivity index (χ0v) is 15.4. The first-order valence-electron chi connectivity index (χ1n) is 8.91. The molecule has 0 unspecified atom stereocenters. The van der Waals surface area contributed by atoms with Gasteiger partial charge in [-0.05, 0) is 43.4 Å². The first-order chi connectivity index (χ1) is 12.3. The standard InChI is InChI=1S/C19H25N3O4/c1-13-8-10-21(11-9-13)16(23)12-22-17(24)19(2,20-18(22)25)14-4-6-15(26-3)7-5-14/h4-7,13H,8-12H2,1-3H3,(H,20,25)/t19-/m1/s1. The van der Waals surface area contributed by atoms with Gasteiger partial charge >= 0.3 is 6.03 Å². The fourth-order valence-corrected chi connectivity index (χ4v) is 3.45. The lowest BCUT2D eigenvalue weighted by Gasteiger charge is -2.31. The lowest BCUT2D eigenvalue weighted by molar-refractivity contribution is -0.139. The van der Waals surface area contributed by atoms with Crippen molar-refractivity contribution in [2.75, 3.05) is 26.7 Å². The highest BCUT2D eigenvalue weighted by molar-refractivity contribution is 6.09. The number of likely N-dealkylation sites (tertiary alicyclic amines) is 1. The van der Waals surface area contributed by atoms with E-state index in [-0.39, 0.29) is 12.5 Å². The van der Waals surface area contributed by atoms with Gasteiger partial charge in [-0.25, -0.2) is 4.79 Å². The van der Waals surface area contributed by atoms with Crippen LogP contribution in [-0.2, 0) is 15.1 Å². The van der Waals surface area contributed by atoms with Crippen LogP contribution in [0.25, 0.3) is 0 Å². The Bertz CT molecular complexity index is 710. The second-order valence-electron chi connectivity index (χ2n) is 7.24. The summed E-state index contributed by atoms with van der Waals surface area (Å²) in [6, 6.07) is 6.43. The first-order valence-corrected chi connectivity index (χ1v) is 8.91. The highest BCUT2D eigenvalue weighted by Crippen LogP contribution is 2.30. The minimum absolute atomic E-state index is 0.181. The molecule has 2 heterocycles. The minimum Gasteiger partial charge on any atom is -0.497 e. The smallest absolute Gasteiger partial charge is 0.325 e. The Morgan fingerprint density at radius 2 is 1.85 bits per heavy atom. The lowest BCUT2D eigenvalue weighted by atomic mass is 9.92. The van der Waals surface area contributed by atoms with E-state index in [0.717, 1.165) is 17.7 Å². The highest BCUT2D eigenvalue weighted by atomic mass is 16.5. The summed E-state index contributed by atoms with van der Waals surface area (Å²) in [5, 5.41) is 2.73. The number of carbonyl (C=O) groups excluding carboxylic acids is 3. The molecule has 0 radical (unpaired) electrons. The summed E-state index contributed by atoms with van der Waals surface area (Å²) in [5.41, 5.74) is -0.529. The third-order valence-corrected chi connectivity index (χ3v) is 5.37. The largest absolute Gasteiger partial charge is 0.497 e. The number of benzene rings is 1. The third kappa shape index (κ3) is 3.25. The number of ether oxygens (including phenoxy) is 1. The predicted octanol–water partition coefficient (Wildman–Crippen LogP) is 1.72. The molecule has 2 aliphatic rings. The molecule has 1 aromatic carbocycles. The number of urea groups is 1. The molecule has 0 bridgehead atoms. The summed E-state index contributed by atoms with van der Waals surface area (Å²) in [4.78, 5) is 40.5. The molecule has 4 amide bonds. The Labute approximate surface area is 153 Å². The van der Waals surface area contributed by atoms with Crippen LogP contribution < -0.4 is 10.1 Å². The van der Waals surface area contributed by atoms with Gasteiger partial charge in [-0.1, -0.05) is 19.1 Å². The van der Waals surface area contributed by atoms with Crippen molar-refractivity contribution in [1.82, 2.24) is 15.1 Å². The van der Waals surface area contributed by atoms with Crippen LogP contribution in [0.1, 0.15) is 32.3 Å². The average Bonchev–Trinajstić information content (AvgIpc) is 2.86. The van der Waals surface area contributed by atoms with Crippen molar-refractivity contribution in [2.24, 2.45) is 5.92 Å². The average molecular weight is 359 g/mol. The molecular weight excluding hydrogens is 334 g/mol. The Balaban J connectivity index is 1.72. The number of carbonyl (C=O) groups is 3. The van der Waals surface area contributed by atoms with E-state index in [4.69, 9.17) is 4.74 Å². The van der Waals surface area contributed by atoms with Gasteiger partial charge in [0.05, 0.1) is 7.11 Å². The molecule has 3 rings (SSSR count). The van der Waals surface area contributed by atoms with Crippen molar-refractivity contribution < 1.29 is 19.1 Å². The van der Waals surface area contributed by atoms with E-state index in [2.05, 4.69) is 12.2 Å². The molecule has 2 fully saturated rings. The van der Waals surface area contributed by atoms with Gasteiger partial charge in [0.1, 0.15) is 17.8 Å². The van der Waals surface area contributed by atoms with Gasteiger partial charge in [0, 0.05) is 13.1 Å². The van der Waals surface area contributed by atoms with Crippen molar-refractivity contribution in [1.29, 1.82) is 0 Å². The molecule has 0 aromatic heterocycles. The summed E-state index contributed by atoms with van der Waals surface area (Å²) < 4.78 is 5.13. The number of hydrogen-bond acceptors (Lipinski definition) is 4. The Hall–Kier alpha value is -2.57. The van der Waals surface area contributed by atoms with Crippen LogP contribution in [0.15, 0.2) is 24.3 Å². The second-order valence-corrected chi connectivity index (χ2v) is 7.24. The Morgan fingerprint density at radius 3 is 2.42 bits per heavy atom. The molecule has 1 atom stereocenters. The fourth-order valence-electron chi connectivity index (χ4n) is 3.45. The summed E-state index contributed by atoms with van der Waals surface area (Å²) >= 11 is 0. The van der Waals surface area contributed by atoms with Crippen LogP contribution in [0.2, 0.25) is 0 Å². The summed E-state index contributed by atoms with van der Waals surface area (Å²) in [6.45, 7) is 4.96. The number of nitrogens with one attached hydrogen (secondary N) is 1. The molecule has 0 aliphatic carbocycles. The van der Waals surface area contributed by atoms with Crippen molar-refractivity contribution in [2.45, 2.75) is 32.2 Å². The van der Waals surface area contributed by atoms with Crippen LogP contribution in [-0.4, -0.2) is 54.4 Å². The van der Waals surface area contributed by atoms with E-state index in [1.807, 2.05) is 0 Å². The quantitative estimate of drug-likeness (QED) is 0.831. The van der Waals surface area contributed by atoms with E-state index >= 15 is 0 Å². The summed E-state index contributed by atoms with van der Waals surface area (Å²) in [7, 11) is 1.56. The number of amides is 4. The minimum atomic E-state index is -1.18. The highest BCUT2D eigenvalue weighted by Gasteiger charge is 2.49. The maximum Gasteiger partial charge on any atom is 0.325 e. The monoisotopic (exact) mass is 359 g/mol. The number of imide groups is 1. The summed E-state index contributed by atoms with van der Waals surface area (Å²) in [5.74, 6) is 0.681. The lowest BCUT2D eigenvalue weighted by Crippen LogP contribution is -2.46.